The molecule has 0 atom stereocenters. The van der Waals surface area contributed by atoms with Crippen LogP contribution in [0.25, 0.3) is 16.6 Å². The zero-order chi connectivity index (χ0) is 13.6. The van der Waals surface area contributed by atoms with E-state index in [1.807, 2.05) is 0 Å². The van der Waals surface area contributed by atoms with Gasteiger partial charge >= 0.3 is 6.18 Å². The number of aromatic nitrogens is 3. The summed E-state index contributed by atoms with van der Waals surface area (Å²) in [5, 5.41) is 0. The van der Waals surface area contributed by atoms with E-state index < -0.39 is 17.7 Å². The van der Waals surface area contributed by atoms with Crippen LogP contribution in [-0.4, -0.2) is 26.3 Å². The highest BCUT2D eigenvalue weighted by Crippen LogP contribution is 2.25. The highest BCUT2D eigenvalue weighted by atomic mass is 19.4. The number of para-hydroxylation sites is 2. The van der Waals surface area contributed by atoms with Crippen molar-refractivity contribution in [3.05, 3.63) is 42.5 Å². The Bertz CT molecular complexity index is 792. The Labute approximate surface area is 104 Å². The topological polar surface area (TPSA) is 47.3 Å². The molecule has 2 aromatic heterocycles. The lowest BCUT2D eigenvalue weighted by Crippen LogP contribution is -2.24. The summed E-state index contributed by atoms with van der Waals surface area (Å²) in [5.74, 6) is -1.97. The second-order valence-electron chi connectivity index (χ2n) is 3.92. The largest absolute Gasteiger partial charge is 0.456 e. The first-order chi connectivity index (χ1) is 8.98. The maximum atomic E-state index is 12.5. The van der Waals surface area contributed by atoms with Crippen molar-refractivity contribution in [3.8, 4) is 0 Å². The number of hydrogen-bond acceptors (Lipinski definition) is 3. The molecule has 0 fully saturated rings. The number of halogens is 3. The molecular weight excluding hydrogens is 259 g/mol. The maximum Gasteiger partial charge on any atom is 0.456 e. The predicted octanol–water partition coefficient (Wildman–Crippen LogP) is 2.63. The van der Waals surface area contributed by atoms with Gasteiger partial charge in [-0.1, -0.05) is 12.1 Å². The van der Waals surface area contributed by atoms with E-state index in [9.17, 15) is 18.0 Å². The number of Topliss-reactive ketones (excluding diaryl/α,β-unsaturated/α-hetero) is 1. The molecular formula is C12H6F3N3O. The third-order valence-corrected chi connectivity index (χ3v) is 2.73. The second-order valence-corrected chi connectivity index (χ2v) is 3.92. The van der Waals surface area contributed by atoms with E-state index in [4.69, 9.17) is 0 Å². The summed E-state index contributed by atoms with van der Waals surface area (Å²) in [6.45, 7) is 0. The van der Waals surface area contributed by atoms with E-state index in [0.29, 0.717) is 11.0 Å². The first-order valence-corrected chi connectivity index (χ1v) is 5.31. The van der Waals surface area contributed by atoms with Gasteiger partial charge in [0.1, 0.15) is 5.69 Å². The minimum atomic E-state index is -4.96. The number of carbonyl (C=O) groups excluding carboxylic acids is 1. The number of fused-ring (bicyclic) bond motifs is 3. The second kappa shape index (κ2) is 3.78. The van der Waals surface area contributed by atoms with Crippen molar-refractivity contribution in [3.63, 3.8) is 0 Å². The fraction of sp³-hybridized carbons (Fsp3) is 0.0833. The van der Waals surface area contributed by atoms with E-state index in [1.165, 1.54) is 16.9 Å². The zero-order valence-electron chi connectivity index (χ0n) is 9.35. The summed E-state index contributed by atoms with van der Waals surface area (Å²) < 4.78 is 39.1. The van der Waals surface area contributed by atoms with Gasteiger partial charge in [-0.2, -0.15) is 13.2 Å². The van der Waals surface area contributed by atoms with E-state index in [1.54, 1.807) is 24.3 Å². The molecule has 0 aliphatic rings. The molecule has 1 aromatic carbocycles. The van der Waals surface area contributed by atoms with Crippen molar-refractivity contribution in [1.82, 2.24) is 14.4 Å². The van der Waals surface area contributed by atoms with Crippen LogP contribution in [0, 0.1) is 0 Å². The summed E-state index contributed by atoms with van der Waals surface area (Å²) >= 11 is 0. The summed E-state index contributed by atoms with van der Waals surface area (Å²) in [6.07, 6.45) is -2.41. The Morgan fingerprint density at radius 3 is 2.63 bits per heavy atom. The summed E-state index contributed by atoms with van der Waals surface area (Å²) in [6, 6.07) is 6.61. The molecule has 0 spiro atoms. The fourth-order valence-corrected chi connectivity index (χ4v) is 1.90. The van der Waals surface area contributed by atoms with Crippen molar-refractivity contribution in [2.75, 3.05) is 0 Å². The first kappa shape index (κ1) is 11.6. The number of ketones is 1. The van der Waals surface area contributed by atoms with Gasteiger partial charge in [0.25, 0.3) is 5.78 Å². The Balaban J connectivity index is 2.40. The van der Waals surface area contributed by atoms with Crippen LogP contribution in [0.15, 0.2) is 36.8 Å². The Morgan fingerprint density at radius 2 is 1.89 bits per heavy atom. The lowest BCUT2D eigenvalue weighted by Gasteiger charge is -2.08. The monoisotopic (exact) mass is 265 g/mol. The van der Waals surface area contributed by atoms with Gasteiger partial charge in [-0.25, -0.2) is 9.97 Å². The molecule has 0 aliphatic heterocycles. The Morgan fingerprint density at radius 1 is 1.16 bits per heavy atom. The quantitative estimate of drug-likeness (QED) is 0.635. The number of imidazole rings is 1. The lowest BCUT2D eigenvalue weighted by atomic mass is 10.2. The molecule has 3 rings (SSSR count). The number of nitrogens with zero attached hydrogens (tertiary/aromatic N) is 3. The van der Waals surface area contributed by atoms with E-state index in [0.717, 1.165) is 0 Å². The van der Waals surface area contributed by atoms with Gasteiger partial charge in [-0.05, 0) is 12.1 Å². The van der Waals surface area contributed by atoms with Gasteiger partial charge in [0.05, 0.1) is 29.1 Å². The molecule has 0 unspecified atom stereocenters. The van der Waals surface area contributed by atoms with Crippen LogP contribution in [0.2, 0.25) is 0 Å². The van der Waals surface area contributed by atoms with Crippen LogP contribution in [0.5, 0.6) is 0 Å². The van der Waals surface area contributed by atoms with Gasteiger partial charge in [0, 0.05) is 0 Å². The van der Waals surface area contributed by atoms with Crippen LogP contribution >= 0.6 is 0 Å². The molecule has 7 heteroatoms. The molecule has 96 valence electrons. The first-order valence-electron chi connectivity index (χ1n) is 5.31. The molecule has 3 aromatic rings. The minimum absolute atomic E-state index is 0.0426. The van der Waals surface area contributed by atoms with Crippen molar-refractivity contribution in [2.24, 2.45) is 0 Å². The summed E-state index contributed by atoms with van der Waals surface area (Å²) in [5.41, 5.74) is 0.305. The van der Waals surface area contributed by atoms with Crippen LogP contribution in [0.3, 0.4) is 0 Å². The molecule has 0 saturated heterocycles. The molecule has 0 saturated carbocycles. The average molecular weight is 265 g/mol. The summed E-state index contributed by atoms with van der Waals surface area (Å²) in [7, 11) is 0. The number of rotatable bonds is 1. The number of alkyl halides is 3. The Kier molecular flexibility index (Phi) is 2.31. The van der Waals surface area contributed by atoms with Gasteiger partial charge in [-0.3, -0.25) is 9.20 Å². The van der Waals surface area contributed by atoms with Crippen molar-refractivity contribution >= 4 is 22.3 Å². The third-order valence-electron chi connectivity index (χ3n) is 2.73. The van der Waals surface area contributed by atoms with E-state index in [2.05, 4.69) is 9.97 Å². The van der Waals surface area contributed by atoms with Gasteiger partial charge < -0.3 is 0 Å². The fourth-order valence-electron chi connectivity index (χ4n) is 1.90. The molecule has 0 bridgehead atoms. The molecule has 2 heterocycles. The molecule has 0 amide bonds. The van der Waals surface area contributed by atoms with Gasteiger partial charge in [0.2, 0.25) is 0 Å². The molecule has 4 nitrogen and oxygen atoms in total. The SMILES string of the molecule is O=C(c1nc2ccccc2n2cncc12)C(F)(F)F. The van der Waals surface area contributed by atoms with E-state index >= 15 is 0 Å². The number of carbonyl (C=O) groups is 1. The molecule has 0 radical (unpaired) electrons. The van der Waals surface area contributed by atoms with Crippen molar-refractivity contribution in [2.45, 2.75) is 6.18 Å². The van der Waals surface area contributed by atoms with E-state index in [-0.39, 0.29) is 5.52 Å². The Hall–Kier alpha value is -2.44. The standard InChI is InChI=1S/C12H6F3N3O/c13-12(14,15)11(19)10-9-5-16-6-18(9)8-4-2-1-3-7(8)17-10/h1-6H. The lowest BCUT2D eigenvalue weighted by molar-refractivity contribution is -0.0887. The normalized spacial score (nSPS) is 12.2. The number of hydrogen-bond donors (Lipinski definition) is 0. The van der Waals surface area contributed by atoms with Gasteiger partial charge in [0.15, 0.2) is 0 Å². The molecule has 0 aliphatic carbocycles. The predicted molar refractivity (Wildman–Crippen MR) is 60.9 cm³/mol. The highest BCUT2D eigenvalue weighted by molar-refractivity contribution is 6.05. The highest BCUT2D eigenvalue weighted by Gasteiger charge is 2.41. The summed E-state index contributed by atoms with van der Waals surface area (Å²) in [4.78, 5) is 19.0. The van der Waals surface area contributed by atoms with Crippen LogP contribution < -0.4 is 0 Å². The van der Waals surface area contributed by atoms with Gasteiger partial charge in [-0.15, -0.1) is 0 Å². The van der Waals surface area contributed by atoms with Crippen LogP contribution in [0.1, 0.15) is 10.5 Å². The minimum Gasteiger partial charge on any atom is -0.295 e. The molecule has 0 N–H and O–H groups in total. The smallest absolute Gasteiger partial charge is 0.295 e. The zero-order valence-corrected chi connectivity index (χ0v) is 9.35. The maximum absolute atomic E-state index is 12.5. The third kappa shape index (κ3) is 1.74. The van der Waals surface area contributed by atoms with Crippen LogP contribution in [-0.2, 0) is 0 Å². The average Bonchev–Trinajstić information content (AvgIpc) is 2.85. The molecule has 19 heavy (non-hydrogen) atoms. The van der Waals surface area contributed by atoms with Crippen molar-refractivity contribution < 1.29 is 18.0 Å². The number of benzene rings is 1. The van der Waals surface area contributed by atoms with Crippen molar-refractivity contribution in [1.29, 1.82) is 0 Å². The van der Waals surface area contributed by atoms with Crippen LogP contribution in [0.4, 0.5) is 13.2 Å².